The van der Waals surface area contributed by atoms with Crippen LogP contribution in [0.15, 0.2) is 33.8 Å². The SMILES string of the molecule is O=C(NC1CCCCC1)c1cn2c(nc1=O)[C@@H]1CN(Cc3ccco3)C[C@@H]1C2. The average molecular weight is 382 g/mol. The molecule has 7 heteroatoms. The van der Waals surface area contributed by atoms with Crippen LogP contribution in [0.1, 0.15) is 60.0 Å². The summed E-state index contributed by atoms with van der Waals surface area (Å²) in [5.74, 6) is 2.19. The topological polar surface area (TPSA) is 80.4 Å². The Kier molecular flexibility index (Phi) is 4.55. The third-order valence-electron chi connectivity index (χ3n) is 6.45. The van der Waals surface area contributed by atoms with Crippen LogP contribution in [-0.4, -0.2) is 39.5 Å². The molecular weight excluding hydrogens is 356 g/mol. The van der Waals surface area contributed by atoms with Crippen LogP contribution in [0.4, 0.5) is 0 Å². The fourth-order valence-electron chi connectivity index (χ4n) is 5.06. The summed E-state index contributed by atoms with van der Waals surface area (Å²) in [6, 6.07) is 4.08. The van der Waals surface area contributed by atoms with E-state index in [-0.39, 0.29) is 23.4 Å². The highest BCUT2D eigenvalue weighted by molar-refractivity contribution is 5.93. The molecule has 2 fully saturated rings. The summed E-state index contributed by atoms with van der Waals surface area (Å²) in [6.07, 6.45) is 8.95. The highest BCUT2D eigenvalue weighted by atomic mass is 16.3. The maximum absolute atomic E-state index is 12.6. The quantitative estimate of drug-likeness (QED) is 0.876. The molecule has 3 aliphatic rings. The van der Waals surface area contributed by atoms with Crippen molar-refractivity contribution in [2.24, 2.45) is 5.92 Å². The van der Waals surface area contributed by atoms with Crippen molar-refractivity contribution in [1.82, 2.24) is 19.8 Å². The van der Waals surface area contributed by atoms with E-state index in [0.29, 0.717) is 5.92 Å². The molecule has 2 aromatic rings. The van der Waals surface area contributed by atoms with Gasteiger partial charge in [0.1, 0.15) is 17.1 Å². The van der Waals surface area contributed by atoms with Gasteiger partial charge in [-0.2, -0.15) is 4.98 Å². The third-order valence-corrected chi connectivity index (χ3v) is 6.45. The van der Waals surface area contributed by atoms with E-state index in [1.54, 1.807) is 12.5 Å². The predicted octanol–water partition coefficient (Wildman–Crippen LogP) is 2.13. The molecule has 4 heterocycles. The van der Waals surface area contributed by atoms with Gasteiger partial charge in [-0.15, -0.1) is 0 Å². The lowest BCUT2D eigenvalue weighted by atomic mass is 9.95. The maximum atomic E-state index is 12.6. The zero-order valence-electron chi connectivity index (χ0n) is 16.0. The average Bonchev–Trinajstić information content (AvgIpc) is 3.39. The Labute approximate surface area is 163 Å². The van der Waals surface area contributed by atoms with Crippen molar-refractivity contribution in [1.29, 1.82) is 0 Å². The molecule has 1 saturated carbocycles. The second kappa shape index (κ2) is 7.20. The lowest BCUT2D eigenvalue weighted by Gasteiger charge is -2.22. The first-order valence-electron chi connectivity index (χ1n) is 10.3. The largest absolute Gasteiger partial charge is 0.468 e. The number of rotatable bonds is 4. The van der Waals surface area contributed by atoms with Gasteiger partial charge in [-0.3, -0.25) is 14.5 Å². The molecule has 5 rings (SSSR count). The molecule has 2 aromatic heterocycles. The van der Waals surface area contributed by atoms with E-state index in [1.165, 1.54) is 6.42 Å². The number of carbonyl (C=O) groups excluding carboxylic acids is 1. The Morgan fingerprint density at radius 1 is 1.21 bits per heavy atom. The van der Waals surface area contributed by atoms with Crippen LogP contribution in [0.5, 0.6) is 0 Å². The number of furan rings is 1. The molecular formula is C21H26N4O3. The summed E-state index contributed by atoms with van der Waals surface area (Å²) in [6.45, 7) is 3.41. The van der Waals surface area contributed by atoms with Crippen molar-refractivity contribution in [2.45, 2.75) is 57.2 Å². The van der Waals surface area contributed by atoms with Crippen molar-refractivity contribution in [3.05, 3.63) is 52.1 Å². The number of nitrogens with zero attached hydrogens (tertiary/aromatic N) is 3. The number of aromatic nitrogens is 2. The van der Waals surface area contributed by atoms with E-state index >= 15 is 0 Å². The lowest BCUT2D eigenvalue weighted by Crippen LogP contribution is -2.39. The molecule has 1 saturated heterocycles. The Morgan fingerprint density at radius 3 is 2.86 bits per heavy atom. The Hall–Kier alpha value is -2.41. The minimum absolute atomic E-state index is 0.182. The van der Waals surface area contributed by atoms with E-state index in [2.05, 4.69) is 15.2 Å². The molecule has 1 amide bonds. The summed E-state index contributed by atoms with van der Waals surface area (Å²) in [5, 5.41) is 3.04. The molecule has 2 atom stereocenters. The standard InChI is InChI=1S/C21H26N4O3/c26-20(22-15-5-2-1-3-6-15)18-13-25-10-14-9-24(11-16-7-4-8-28-16)12-17(14)19(25)23-21(18)27/h4,7-8,13-15,17H,1-3,5-6,9-12H2,(H,22,26)/t14-,17-/m1/s1. The molecule has 28 heavy (non-hydrogen) atoms. The molecule has 2 aliphatic heterocycles. The van der Waals surface area contributed by atoms with Gasteiger partial charge in [-0.25, -0.2) is 0 Å². The van der Waals surface area contributed by atoms with Crippen LogP contribution >= 0.6 is 0 Å². The minimum Gasteiger partial charge on any atom is -0.468 e. The van der Waals surface area contributed by atoms with E-state index < -0.39 is 5.56 Å². The Bertz CT molecular complexity index is 914. The molecule has 0 aromatic carbocycles. The summed E-state index contributed by atoms with van der Waals surface area (Å²) in [4.78, 5) is 31.9. The van der Waals surface area contributed by atoms with E-state index in [4.69, 9.17) is 4.42 Å². The van der Waals surface area contributed by atoms with E-state index in [9.17, 15) is 9.59 Å². The normalized spacial score (nSPS) is 24.9. The number of nitrogens with one attached hydrogen (secondary N) is 1. The van der Waals surface area contributed by atoms with Gasteiger partial charge in [-0.05, 0) is 25.0 Å². The second-order valence-corrected chi connectivity index (χ2v) is 8.42. The Balaban J connectivity index is 1.30. The zero-order chi connectivity index (χ0) is 19.1. The molecule has 1 aliphatic carbocycles. The molecule has 0 bridgehead atoms. The van der Waals surface area contributed by atoms with Crippen LogP contribution in [0, 0.1) is 5.92 Å². The van der Waals surface area contributed by atoms with Crippen molar-refractivity contribution in [2.75, 3.05) is 13.1 Å². The number of hydrogen-bond acceptors (Lipinski definition) is 5. The highest BCUT2D eigenvalue weighted by Crippen LogP contribution is 2.38. The first kappa shape index (κ1) is 17.7. The highest BCUT2D eigenvalue weighted by Gasteiger charge is 2.41. The maximum Gasteiger partial charge on any atom is 0.285 e. The first-order chi connectivity index (χ1) is 13.7. The fourth-order valence-corrected chi connectivity index (χ4v) is 5.06. The number of fused-ring (bicyclic) bond motifs is 3. The van der Waals surface area contributed by atoms with Crippen molar-refractivity contribution < 1.29 is 9.21 Å². The van der Waals surface area contributed by atoms with Crippen molar-refractivity contribution >= 4 is 5.91 Å². The zero-order valence-corrected chi connectivity index (χ0v) is 16.0. The number of carbonyl (C=O) groups is 1. The van der Waals surface area contributed by atoms with Crippen LogP contribution < -0.4 is 10.9 Å². The fraction of sp³-hybridized carbons (Fsp3) is 0.571. The molecule has 148 valence electrons. The molecule has 0 radical (unpaired) electrons. The summed E-state index contributed by atoms with van der Waals surface area (Å²) < 4.78 is 7.48. The number of hydrogen-bond donors (Lipinski definition) is 1. The smallest absolute Gasteiger partial charge is 0.285 e. The molecule has 0 spiro atoms. The number of amides is 1. The summed E-state index contributed by atoms with van der Waals surface area (Å²) in [7, 11) is 0. The van der Waals surface area contributed by atoms with E-state index in [1.807, 2.05) is 16.7 Å². The van der Waals surface area contributed by atoms with Crippen molar-refractivity contribution in [3.63, 3.8) is 0 Å². The predicted molar refractivity (Wildman–Crippen MR) is 103 cm³/mol. The van der Waals surface area contributed by atoms with Crippen LogP contribution in [-0.2, 0) is 13.1 Å². The van der Waals surface area contributed by atoms with Gasteiger partial charge >= 0.3 is 0 Å². The Morgan fingerprint density at radius 2 is 2.07 bits per heavy atom. The van der Waals surface area contributed by atoms with Gasteiger partial charge in [0.05, 0.1) is 12.8 Å². The summed E-state index contributed by atoms with van der Waals surface area (Å²) >= 11 is 0. The van der Waals surface area contributed by atoms with Crippen LogP contribution in [0.2, 0.25) is 0 Å². The molecule has 1 N–H and O–H groups in total. The van der Waals surface area contributed by atoms with Gasteiger partial charge in [0.15, 0.2) is 0 Å². The van der Waals surface area contributed by atoms with Crippen LogP contribution in [0.3, 0.4) is 0 Å². The van der Waals surface area contributed by atoms with Gasteiger partial charge in [0, 0.05) is 43.7 Å². The van der Waals surface area contributed by atoms with E-state index in [0.717, 1.165) is 63.4 Å². The first-order valence-corrected chi connectivity index (χ1v) is 10.3. The molecule has 0 unspecified atom stereocenters. The van der Waals surface area contributed by atoms with Gasteiger partial charge in [-0.1, -0.05) is 19.3 Å². The third kappa shape index (κ3) is 3.28. The van der Waals surface area contributed by atoms with Gasteiger partial charge in [0.25, 0.3) is 11.5 Å². The van der Waals surface area contributed by atoms with Crippen LogP contribution in [0.25, 0.3) is 0 Å². The summed E-state index contributed by atoms with van der Waals surface area (Å²) in [5.41, 5.74) is -0.216. The van der Waals surface area contributed by atoms with Crippen molar-refractivity contribution in [3.8, 4) is 0 Å². The lowest BCUT2D eigenvalue weighted by molar-refractivity contribution is 0.0925. The number of likely N-dealkylation sites (tertiary alicyclic amines) is 1. The minimum atomic E-state index is -0.398. The van der Waals surface area contributed by atoms with Gasteiger partial charge < -0.3 is 14.3 Å². The second-order valence-electron chi connectivity index (χ2n) is 8.42. The van der Waals surface area contributed by atoms with Gasteiger partial charge in [0.2, 0.25) is 0 Å². The monoisotopic (exact) mass is 382 g/mol. The molecule has 7 nitrogen and oxygen atoms in total.